The van der Waals surface area contributed by atoms with Gasteiger partial charge in [0.2, 0.25) is 0 Å². The summed E-state index contributed by atoms with van der Waals surface area (Å²) >= 11 is 3.67. The van der Waals surface area contributed by atoms with Gasteiger partial charge in [0.25, 0.3) is 0 Å². The van der Waals surface area contributed by atoms with E-state index in [1.54, 1.807) is 0 Å². The van der Waals surface area contributed by atoms with Crippen molar-refractivity contribution in [2.75, 3.05) is 0 Å². The third kappa shape index (κ3) is 7.48. The molecule has 0 aliphatic carbocycles. The molecule has 0 heterocycles. The first-order valence-corrected chi connectivity index (χ1v) is 11.9. The van der Waals surface area contributed by atoms with E-state index in [1.165, 1.54) is 60.6 Å². The van der Waals surface area contributed by atoms with E-state index in [1.807, 2.05) is 0 Å². The van der Waals surface area contributed by atoms with Crippen LogP contribution in [0.15, 0.2) is 24.3 Å². The van der Waals surface area contributed by atoms with Crippen LogP contribution in [0, 0.1) is 0 Å². The van der Waals surface area contributed by atoms with E-state index in [-0.39, 0.29) is 18.2 Å². The summed E-state index contributed by atoms with van der Waals surface area (Å²) in [6, 6.07) is 9.28. The SMILES string of the molecule is CCCCCCCc1ccc(C[CH2][Mg][Br])cc1. The predicted molar refractivity (Wildman–Crippen MR) is 82.1 cm³/mol. The van der Waals surface area contributed by atoms with Crippen molar-refractivity contribution in [3.8, 4) is 0 Å². The van der Waals surface area contributed by atoms with Gasteiger partial charge in [0.05, 0.1) is 0 Å². The lowest BCUT2D eigenvalue weighted by Crippen LogP contribution is -1.90. The van der Waals surface area contributed by atoms with Gasteiger partial charge in [-0.15, -0.1) is 4.55 Å². The zero-order chi connectivity index (χ0) is 12.3. The minimum Gasteiger partial charge on any atom is -0.307 e. The summed E-state index contributed by atoms with van der Waals surface area (Å²) in [5.41, 5.74) is 3.02. The Morgan fingerprint density at radius 2 is 1.47 bits per heavy atom. The van der Waals surface area contributed by atoms with Gasteiger partial charge in [-0.05, 0) is 24.8 Å². The molecule has 0 aliphatic rings. The molecule has 1 rings (SSSR count). The van der Waals surface area contributed by atoms with Crippen molar-refractivity contribution < 1.29 is 0 Å². The van der Waals surface area contributed by atoms with Crippen LogP contribution < -0.4 is 0 Å². The Kier molecular flexibility index (Phi) is 9.49. The molecule has 1 aromatic rings. The molecular weight excluding hydrogens is 284 g/mol. The van der Waals surface area contributed by atoms with Crippen molar-refractivity contribution in [1.29, 1.82) is 0 Å². The molecule has 2 heteroatoms. The number of unbranched alkanes of at least 4 members (excludes halogenated alkanes) is 4. The van der Waals surface area contributed by atoms with E-state index < -0.39 is 0 Å². The fraction of sp³-hybridized carbons (Fsp3) is 0.600. The topological polar surface area (TPSA) is 0 Å². The molecule has 0 aromatic heterocycles. The third-order valence-corrected chi connectivity index (χ3v) is 5.49. The average molecular weight is 308 g/mol. The number of halogens is 1. The molecule has 1 aromatic carbocycles. The molecule has 0 aliphatic heterocycles. The molecule has 0 fully saturated rings. The van der Waals surface area contributed by atoms with E-state index in [2.05, 4.69) is 44.1 Å². The van der Waals surface area contributed by atoms with E-state index in [0.29, 0.717) is 0 Å². The van der Waals surface area contributed by atoms with Crippen LogP contribution in [0.1, 0.15) is 50.2 Å². The normalized spacial score (nSPS) is 10.2. The highest BCUT2D eigenvalue weighted by atomic mass is 79.9. The zero-order valence-electron chi connectivity index (χ0n) is 11.1. The summed E-state index contributed by atoms with van der Waals surface area (Å²) in [6.45, 7) is 2.27. The van der Waals surface area contributed by atoms with Crippen LogP contribution in [0.2, 0.25) is 4.55 Å². The van der Waals surface area contributed by atoms with E-state index >= 15 is 0 Å². The summed E-state index contributed by atoms with van der Waals surface area (Å²) in [5.74, 6) is 0. The molecule has 92 valence electrons. The average Bonchev–Trinajstić information content (AvgIpc) is 2.37. The number of hydrogen-bond donors (Lipinski definition) is 0. The third-order valence-electron chi connectivity index (χ3n) is 3.19. The highest BCUT2D eigenvalue weighted by molar-refractivity contribution is 9.23. The molecule has 0 unspecified atom stereocenters. The summed E-state index contributed by atoms with van der Waals surface area (Å²) < 4.78 is 1.37. The van der Waals surface area contributed by atoms with Crippen LogP contribution in [-0.4, -0.2) is 18.2 Å². The molecule has 0 saturated carbocycles. The van der Waals surface area contributed by atoms with Crippen LogP contribution in [-0.2, 0) is 12.8 Å². The molecule has 0 bridgehead atoms. The smallest absolute Gasteiger partial charge is 0.307 e. The second-order valence-electron chi connectivity index (χ2n) is 4.77. The lowest BCUT2D eigenvalue weighted by molar-refractivity contribution is 0.632. The second-order valence-corrected chi connectivity index (χ2v) is 8.24. The lowest BCUT2D eigenvalue weighted by Gasteiger charge is -2.04. The van der Waals surface area contributed by atoms with Crippen LogP contribution in [0.5, 0.6) is 0 Å². The molecule has 0 nitrogen and oxygen atoms in total. The molecule has 0 N–H and O–H groups in total. The van der Waals surface area contributed by atoms with Gasteiger partial charge in [0, 0.05) is 0 Å². The maximum absolute atomic E-state index is 3.61. The molecule has 0 radical (unpaired) electrons. The molecule has 0 spiro atoms. The fourth-order valence-electron chi connectivity index (χ4n) is 2.08. The minimum absolute atomic E-state index is 0.0513. The molecule has 0 amide bonds. The highest BCUT2D eigenvalue weighted by Crippen LogP contribution is 2.11. The second kappa shape index (κ2) is 10.4. The first-order chi connectivity index (χ1) is 8.36. The lowest BCUT2D eigenvalue weighted by atomic mass is 10.0. The van der Waals surface area contributed by atoms with Crippen molar-refractivity contribution in [2.24, 2.45) is 0 Å². The predicted octanol–water partition coefficient (Wildman–Crippen LogP) is 5.17. The highest BCUT2D eigenvalue weighted by Gasteiger charge is 1.97. The quantitative estimate of drug-likeness (QED) is 0.436. The molecule has 0 saturated heterocycles. The Morgan fingerprint density at radius 3 is 2.06 bits per heavy atom. The summed E-state index contributed by atoms with van der Waals surface area (Å²) in [7, 11) is 0. The van der Waals surface area contributed by atoms with Crippen molar-refractivity contribution in [3.63, 3.8) is 0 Å². The van der Waals surface area contributed by atoms with Gasteiger partial charge in [0.1, 0.15) is 0 Å². The number of hydrogen-bond acceptors (Lipinski definition) is 0. The van der Waals surface area contributed by atoms with Crippen LogP contribution in [0.25, 0.3) is 0 Å². The van der Waals surface area contributed by atoms with E-state index in [9.17, 15) is 0 Å². The monoisotopic (exact) mass is 306 g/mol. The summed E-state index contributed by atoms with van der Waals surface area (Å²) in [5, 5.41) is 0. The maximum atomic E-state index is 3.61. The van der Waals surface area contributed by atoms with Gasteiger partial charge >= 0.3 is 18.2 Å². The zero-order valence-corrected chi connectivity index (χ0v) is 14.1. The Balaban J connectivity index is 2.20. The fourth-order valence-corrected chi connectivity index (χ4v) is 3.46. The van der Waals surface area contributed by atoms with Gasteiger partial charge in [0.15, 0.2) is 0 Å². The largest absolute Gasteiger partial charge is 0.468 e. The van der Waals surface area contributed by atoms with Crippen molar-refractivity contribution in [1.82, 2.24) is 0 Å². The van der Waals surface area contributed by atoms with E-state index in [4.69, 9.17) is 0 Å². The van der Waals surface area contributed by atoms with Crippen LogP contribution in [0.3, 0.4) is 0 Å². The van der Waals surface area contributed by atoms with Crippen LogP contribution >= 0.6 is 12.9 Å². The standard InChI is InChI=1S/C15H23.BrH.Mg/c1-3-5-6-7-8-9-15-12-10-14(4-2)11-13-15;;/h10-13H,2-9H2,1H3;1H;/q;;+1/p-1. The van der Waals surface area contributed by atoms with Gasteiger partial charge in [-0.25, -0.2) is 0 Å². The number of benzene rings is 1. The van der Waals surface area contributed by atoms with Gasteiger partial charge in [-0.3, -0.25) is 0 Å². The van der Waals surface area contributed by atoms with Crippen molar-refractivity contribution in [3.05, 3.63) is 35.4 Å². The Bertz CT molecular complexity index is 281. The number of aryl methyl sites for hydroxylation is 2. The maximum Gasteiger partial charge on any atom is 0.468 e. The van der Waals surface area contributed by atoms with E-state index in [0.717, 1.165) is 0 Å². The van der Waals surface area contributed by atoms with Gasteiger partial charge in [-0.2, -0.15) is 0 Å². The number of rotatable bonds is 9. The molecule has 17 heavy (non-hydrogen) atoms. The minimum atomic E-state index is 0.0513. The Morgan fingerprint density at radius 1 is 0.882 bits per heavy atom. The Hall–Kier alpha value is 0.466. The van der Waals surface area contributed by atoms with Crippen molar-refractivity contribution >= 4 is 31.1 Å². The van der Waals surface area contributed by atoms with Crippen molar-refractivity contribution in [2.45, 2.75) is 56.4 Å². The first-order valence-electron chi connectivity index (χ1n) is 7.00. The van der Waals surface area contributed by atoms with Gasteiger partial charge in [-0.1, -0.05) is 62.4 Å². The van der Waals surface area contributed by atoms with Gasteiger partial charge < -0.3 is 12.9 Å². The molecular formula is C15H23BrMg. The molecule has 0 atom stereocenters. The summed E-state index contributed by atoms with van der Waals surface area (Å²) in [4.78, 5) is 0. The van der Waals surface area contributed by atoms with Crippen LogP contribution in [0.4, 0.5) is 0 Å². The Labute approximate surface area is 122 Å². The summed E-state index contributed by atoms with van der Waals surface area (Å²) in [6.07, 6.45) is 9.41. The first kappa shape index (κ1) is 15.5.